The summed E-state index contributed by atoms with van der Waals surface area (Å²) >= 11 is 6.04. The number of hydrogen-bond acceptors (Lipinski definition) is 5. The largest absolute Gasteiger partial charge is 0.435 e. The van der Waals surface area contributed by atoms with Gasteiger partial charge in [-0.1, -0.05) is 23.2 Å². The van der Waals surface area contributed by atoms with Gasteiger partial charge in [-0.3, -0.25) is 25.2 Å². The van der Waals surface area contributed by atoms with Gasteiger partial charge in [0, 0.05) is 19.2 Å². The van der Waals surface area contributed by atoms with Crippen LogP contribution in [0.1, 0.15) is 39.0 Å². The van der Waals surface area contributed by atoms with Gasteiger partial charge >= 0.3 is 6.18 Å². The van der Waals surface area contributed by atoms with E-state index in [0.29, 0.717) is 16.3 Å². The van der Waals surface area contributed by atoms with E-state index in [1.54, 1.807) is 13.0 Å². The number of aryl methyl sites for hydroxylation is 1. The fraction of sp³-hybridized carbons (Fsp3) is 0.150. The van der Waals surface area contributed by atoms with Crippen LogP contribution >= 0.6 is 11.6 Å². The summed E-state index contributed by atoms with van der Waals surface area (Å²) in [5.74, 6) is -2.47. The van der Waals surface area contributed by atoms with Gasteiger partial charge in [-0.25, -0.2) is 9.67 Å². The van der Waals surface area contributed by atoms with Gasteiger partial charge in [0.05, 0.1) is 16.3 Å². The van der Waals surface area contributed by atoms with Crippen molar-refractivity contribution in [3.8, 4) is 5.82 Å². The monoisotopic (exact) mass is 480 g/mol. The van der Waals surface area contributed by atoms with Crippen LogP contribution in [0, 0.1) is 6.92 Å². The van der Waals surface area contributed by atoms with Gasteiger partial charge in [-0.05, 0) is 31.2 Å². The molecule has 0 saturated carbocycles. The molecule has 0 spiro atoms. The summed E-state index contributed by atoms with van der Waals surface area (Å²) in [5.41, 5.74) is 3.05. The zero-order valence-electron chi connectivity index (χ0n) is 17.1. The van der Waals surface area contributed by atoms with Crippen molar-refractivity contribution in [2.24, 2.45) is 0 Å². The van der Waals surface area contributed by atoms with Crippen LogP contribution in [0.2, 0.25) is 5.02 Å². The quantitative estimate of drug-likeness (QED) is 0.495. The highest BCUT2D eigenvalue weighted by Crippen LogP contribution is 2.31. The minimum Gasteiger partial charge on any atom is -0.320 e. The fourth-order valence-corrected chi connectivity index (χ4v) is 2.93. The molecule has 2 aromatic heterocycles. The summed E-state index contributed by atoms with van der Waals surface area (Å²) in [6, 6.07) is 7.80. The molecule has 1 aromatic carbocycles. The third-order valence-corrected chi connectivity index (χ3v) is 4.49. The molecule has 0 saturated heterocycles. The predicted octanol–water partition coefficient (Wildman–Crippen LogP) is 3.28. The molecule has 2 heterocycles. The Kier molecular flexibility index (Phi) is 6.68. The van der Waals surface area contributed by atoms with Crippen molar-refractivity contribution in [2.45, 2.75) is 20.0 Å². The molecule has 13 heteroatoms. The number of hydrogen-bond donors (Lipinski definition) is 3. The average molecular weight is 481 g/mol. The Hall–Kier alpha value is -3.93. The maximum Gasteiger partial charge on any atom is 0.435 e. The van der Waals surface area contributed by atoms with Crippen molar-refractivity contribution in [3.05, 3.63) is 70.1 Å². The van der Waals surface area contributed by atoms with Gasteiger partial charge in [0.1, 0.15) is 5.69 Å². The summed E-state index contributed by atoms with van der Waals surface area (Å²) in [7, 11) is 0. The number of amides is 3. The molecular weight excluding hydrogens is 465 g/mol. The maximum atomic E-state index is 13.3. The molecule has 3 amide bonds. The lowest BCUT2D eigenvalue weighted by molar-refractivity contribution is -0.141. The standard InChI is InChI=1S/C20H16ClF3N6O3/c1-10-5-6-14(12(8-10)18(32)28-27-11(2)31)26-19(33)15-9-16(20(22,23)24)29-30(15)17-13(21)4-3-7-25-17/h3-9H,1-2H3,(H,26,33)(H,27,31)(H,28,32). The molecule has 3 N–H and O–H groups in total. The van der Waals surface area contributed by atoms with Gasteiger partial charge in [0.2, 0.25) is 5.91 Å². The summed E-state index contributed by atoms with van der Waals surface area (Å²) in [5, 5.41) is 5.83. The SMILES string of the molecule is CC(=O)NNC(=O)c1cc(C)ccc1NC(=O)c1cc(C(F)(F)F)nn1-c1ncccc1Cl. The first-order valence-corrected chi connectivity index (χ1v) is 9.62. The van der Waals surface area contributed by atoms with Gasteiger partial charge < -0.3 is 5.32 Å². The minimum atomic E-state index is -4.84. The van der Waals surface area contributed by atoms with Crippen LogP contribution in [0.3, 0.4) is 0 Å². The number of carbonyl (C=O) groups excluding carboxylic acids is 3. The molecule has 9 nitrogen and oxygen atoms in total. The molecule has 0 aliphatic heterocycles. The van der Waals surface area contributed by atoms with Crippen molar-refractivity contribution in [1.29, 1.82) is 0 Å². The van der Waals surface area contributed by atoms with Crippen LogP contribution in [0.25, 0.3) is 5.82 Å². The van der Waals surface area contributed by atoms with E-state index >= 15 is 0 Å². The Bertz CT molecular complexity index is 1240. The minimum absolute atomic E-state index is 0.0121. The highest BCUT2D eigenvalue weighted by Gasteiger charge is 2.36. The summed E-state index contributed by atoms with van der Waals surface area (Å²) < 4.78 is 40.6. The van der Waals surface area contributed by atoms with E-state index in [4.69, 9.17) is 11.6 Å². The van der Waals surface area contributed by atoms with E-state index in [1.807, 2.05) is 0 Å². The van der Waals surface area contributed by atoms with Gasteiger partial charge in [-0.15, -0.1) is 0 Å². The average Bonchev–Trinajstić information content (AvgIpc) is 3.19. The van der Waals surface area contributed by atoms with E-state index in [9.17, 15) is 27.6 Å². The summed E-state index contributed by atoms with van der Waals surface area (Å²) in [4.78, 5) is 40.4. The van der Waals surface area contributed by atoms with Crippen LogP contribution in [-0.4, -0.2) is 32.5 Å². The lowest BCUT2D eigenvalue weighted by atomic mass is 10.1. The number of alkyl halides is 3. The number of hydrazine groups is 1. The first-order valence-electron chi connectivity index (χ1n) is 9.24. The van der Waals surface area contributed by atoms with Crippen LogP contribution in [0.15, 0.2) is 42.6 Å². The number of nitrogens with one attached hydrogen (secondary N) is 3. The van der Waals surface area contributed by atoms with Gasteiger partial charge in [0.15, 0.2) is 11.5 Å². The topological polar surface area (TPSA) is 118 Å². The molecular formula is C20H16ClF3N6O3. The molecule has 33 heavy (non-hydrogen) atoms. The lowest BCUT2D eigenvalue weighted by Gasteiger charge is -2.13. The Balaban J connectivity index is 2.02. The smallest absolute Gasteiger partial charge is 0.320 e. The molecule has 172 valence electrons. The molecule has 0 fully saturated rings. The van der Waals surface area contributed by atoms with E-state index in [0.717, 1.165) is 0 Å². The van der Waals surface area contributed by atoms with Gasteiger partial charge in [-0.2, -0.15) is 18.3 Å². The van der Waals surface area contributed by atoms with Crippen molar-refractivity contribution >= 4 is 35.0 Å². The Labute approximate surface area is 189 Å². The van der Waals surface area contributed by atoms with Crippen molar-refractivity contribution < 1.29 is 27.6 Å². The van der Waals surface area contributed by atoms with Gasteiger partial charge in [0.25, 0.3) is 11.8 Å². The molecule has 0 aliphatic carbocycles. The number of anilines is 1. The van der Waals surface area contributed by atoms with Crippen molar-refractivity contribution in [2.75, 3.05) is 5.32 Å². The Morgan fingerprint density at radius 3 is 2.42 bits per heavy atom. The summed E-state index contributed by atoms with van der Waals surface area (Å²) in [6.07, 6.45) is -3.56. The van der Waals surface area contributed by atoms with E-state index in [-0.39, 0.29) is 22.1 Å². The summed E-state index contributed by atoms with van der Waals surface area (Å²) in [6.45, 7) is 2.87. The predicted molar refractivity (Wildman–Crippen MR) is 112 cm³/mol. The molecule has 0 aliphatic rings. The normalized spacial score (nSPS) is 11.1. The van der Waals surface area contributed by atoms with Crippen LogP contribution < -0.4 is 16.2 Å². The first-order chi connectivity index (χ1) is 15.5. The van der Waals surface area contributed by atoms with Crippen molar-refractivity contribution in [1.82, 2.24) is 25.6 Å². The van der Waals surface area contributed by atoms with Crippen molar-refractivity contribution in [3.63, 3.8) is 0 Å². The van der Waals surface area contributed by atoms with Crippen LogP contribution in [0.5, 0.6) is 0 Å². The molecule has 0 radical (unpaired) electrons. The third-order valence-electron chi connectivity index (χ3n) is 4.19. The highest BCUT2D eigenvalue weighted by molar-refractivity contribution is 6.32. The second-order valence-electron chi connectivity index (χ2n) is 6.77. The van der Waals surface area contributed by atoms with E-state index in [2.05, 4.69) is 26.3 Å². The highest BCUT2D eigenvalue weighted by atomic mass is 35.5. The number of carbonyl (C=O) groups is 3. The number of pyridine rings is 1. The zero-order valence-corrected chi connectivity index (χ0v) is 17.9. The lowest BCUT2D eigenvalue weighted by Crippen LogP contribution is -2.40. The third kappa shape index (κ3) is 5.47. The number of aromatic nitrogens is 3. The molecule has 0 bridgehead atoms. The first kappa shape index (κ1) is 23.7. The number of halogens is 4. The molecule has 0 atom stereocenters. The van der Waals surface area contributed by atoms with E-state index in [1.165, 1.54) is 37.4 Å². The second-order valence-corrected chi connectivity index (χ2v) is 7.18. The number of benzene rings is 1. The Morgan fingerprint density at radius 1 is 1.06 bits per heavy atom. The second kappa shape index (κ2) is 9.28. The van der Waals surface area contributed by atoms with Crippen LogP contribution in [0.4, 0.5) is 18.9 Å². The molecule has 3 aromatic rings. The molecule has 0 unspecified atom stereocenters. The maximum absolute atomic E-state index is 13.3. The Morgan fingerprint density at radius 2 is 1.79 bits per heavy atom. The molecule has 3 rings (SSSR count). The number of nitrogens with zero attached hydrogens (tertiary/aromatic N) is 3. The van der Waals surface area contributed by atoms with E-state index < -0.39 is 35.3 Å². The van der Waals surface area contributed by atoms with Crippen LogP contribution in [-0.2, 0) is 11.0 Å². The fourth-order valence-electron chi connectivity index (χ4n) is 2.73. The zero-order chi connectivity index (χ0) is 24.3. The number of rotatable bonds is 4.